The number of hydrogen-bond donors (Lipinski definition) is 17. The second-order valence-corrected chi connectivity index (χ2v) is 18.2. The molecule has 33 nitrogen and oxygen atoms in total. The molecule has 4 aromatic rings. The number of hydrogen-bond acceptors (Lipinski definition) is 17. The fourth-order valence-corrected chi connectivity index (χ4v) is 6.94. The summed E-state index contributed by atoms with van der Waals surface area (Å²) in [4.78, 5) is 183. The number of nitrogens with one attached hydrogen (secondary N) is 15. The van der Waals surface area contributed by atoms with E-state index in [-0.39, 0.29) is 25.7 Å². The minimum absolute atomic E-state index is 0.165. The number of carboxylic acid groups (broad SMARTS) is 1. The molecule has 428 valence electrons. The molecule has 79 heavy (non-hydrogen) atoms. The summed E-state index contributed by atoms with van der Waals surface area (Å²) in [7, 11) is 0. The molecular formula is C46H66N20O13. The highest BCUT2D eigenvalue weighted by molar-refractivity contribution is 5.98. The monoisotopic (exact) mass is 1110 g/mol. The normalized spacial score (nSPS) is 14.7. The van der Waals surface area contributed by atoms with Crippen LogP contribution >= 0.6 is 0 Å². The zero-order valence-electron chi connectivity index (χ0n) is 43.8. The minimum atomic E-state index is -1.44. The molecule has 10 atom stereocenters. The van der Waals surface area contributed by atoms with Crippen molar-refractivity contribution in [2.75, 3.05) is 13.1 Å². The highest BCUT2D eigenvalue weighted by Crippen LogP contribution is 2.08. The van der Waals surface area contributed by atoms with Crippen LogP contribution in [-0.4, -0.2) is 189 Å². The van der Waals surface area contributed by atoms with E-state index in [4.69, 9.17) is 5.73 Å². The first-order chi connectivity index (χ1) is 37.4. The Labute approximate surface area is 450 Å². The Morgan fingerprint density at radius 3 is 1.00 bits per heavy atom. The third-order valence-corrected chi connectivity index (χ3v) is 11.5. The van der Waals surface area contributed by atoms with Gasteiger partial charge in [0.05, 0.1) is 44.4 Å². The van der Waals surface area contributed by atoms with E-state index < -0.39 is 144 Å². The van der Waals surface area contributed by atoms with Crippen molar-refractivity contribution in [3.63, 3.8) is 0 Å². The molecule has 0 aromatic carbocycles. The van der Waals surface area contributed by atoms with Crippen molar-refractivity contribution in [1.29, 1.82) is 0 Å². The van der Waals surface area contributed by atoms with Gasteiger partial charge in [-0.25, -0.2) is 24.7 Å². The Kier molecular flexibility index (Phi) is 23.7. The summed E-state index contributed by atoms with van der Waals surface area (Å²) >= 11 is 0. The van der Waals surface area contributed by atoms with E-state index in [0.717, 1.165) is 0 Å². The molecule has 0 spiro atoms. The summed E-state index contributed by atoms with van der Waals surface area (Å²) in [6, 6.07) is -12.4. The zero-order valence-corrected chi connectivity index (χ0v) is 43.8. The average Bonchev–Trinajstić information content (AvgIpc) is 4.28. The van der Waals surface area contributed by atoms with Gasteiger partial charge in [-0.1, -0.05) is 0 Å². The van der Waals surface area contributed by atoms with Gasteiger partial charge in [0.15, 0.2) is 0 Å². The first kappa shape index (κ1) is 62.0. The standard InChI is InChI=1S/C46H66N20O13/c1-21(47)37(69)58-23(3)39(71)60-25(5)41(73)62-26(6)42(74)61-24(4)40(72)59-22(2)38(70)53-15-35(67)52-16-36(68)63-31(7-27-11-48-17-54-27)43(75)64-32(8-28-12-49-18-55-28)44(76)65-33(9-29-13-50-19-56-29)45(77)66-34(46(78)79)10-30-14-51-20-57-30/h11-14,17-26,31-34H,7-10,15-16,47H2,1-6H3,(H,48,54)(H,49,55)(H,50,56)(H,51,57)(H,52,67)(H,53,70)(H,58,69)(H,59,72)(H,60,71)(H,61,74)(H,62,73)(H,63,68)(H,64,75)(H,65,76)(H,66,77)(H,78,79)/t21-,22-,23-,24-,25-,26-,31-,32-,33-,34-/m0/s1. The summed E-state index contributed by atoms with van der Waals surface area (Å²) in [6.07, 6.45) is 10.2. The lowest BCUT2D eigenvalue weighted by Crippen LogP contribution is -2.59. The number of aliphatic carboxylic acids is 1. The van der Waals surface area contributed by atoms with Gasteiger partial charge in [0.25, 0.3) is 0 Å². The largest absolute Gasteiger partial charge is 0.480 e. The van der Waals surface area contributed by atoms with Gasteiger partial charge in [-0.15, -0.1) is 0 Å². The molecule has 0 saturated carbocycles. The molecule has 0 unspecified atom stereocenters. The lowest BCUT2D eigenvalue weighted by atomic mass is 10.1. The Morgan fingerprint density at radius 1 is 0.392 bits per heavy atom. The van der Waals surface area contributed by atoms with Crippen molar-refractivity contribution in [3.05, 3.63) is 72.9 Å². The van der Waals surface area contributed by atoms with Gasteiger partial charge in [0.1, 0.15) is 54.4 Å². The summed E-state index contributed by atoms with van der Waals surface area (Å²) < 4.78 is 0. The molecule has 4 aromatic heterocycles. The van der Waals surface area contributed by atoms with Crippen molar-refractivity contribution >= 4 is 70.9 Å². The van der Waals surface area contributed by atoms with Crippen molar-refractivity contribution in [2.24, 2.45) is 5.73 Å². The molecule has 4 heterocycles. The number of amides is 11. The van der Waals surface area contributed by atoms with E-state index in [1.54, 1.807) is 0 Å². The number of nitrogens with two attached hydrogens (primary N) is 1. The fourth-order valence-electron chi connectivity index (χ4n) is 6.94. The molecule has 0 fully saturated rings. The van der Waals surface area contributed by atoms with Crippen LogP contribution in [0.1, 0.15) is 64.3 Å². The minimum Gasteiger partial charge on any atom is -0.480 e. The van der Waals surface area contributed by atoms with Crippen molar-refractivity contribution in [2.45, 2.75) is 128 Å². The molecule has 0 aliphatic carbocycles. The molecule has 0 aliphatic rings. The van der Waals surface area contributed by atoms with Gasteiger partial charge in [-0.2, -0.15) is 0 Å². The fraction of sp³-hybridized carbons (Fsp3) is 0.478. The zero-order chi connectivity index (χ0) is 58.3. The first-order valence-corrected chi connectivity index (χ1v) is 24.5. The number of nitrogens with zero attached hydrogens (tertiary/aromatic N) is 4. The van der Waals surface area contributed by atoms with E-state index in [9.17, 15) is 62.6 Å². The maximum absolute atomic E-state index is 14.1. The van der Waals surface area contributed by atoms with E-state index in [1.807, 2.05) is 0 Å². The molecule has 0 saturated heterocycles. The van der Waals surface area contributed by atoms with Gasteiger partial charge in [-0.05, 0) is 41.5 Å². The second-order valence-electron chi connectivity index (χ2n) is 18.2. The third kappa shape index (κ3) is 20.8. The number of carbonyl (C=O) groups is 12. The van der Waals surface area contributed by atoms with Crippen LogP contribution in [0.15, 0.2) is 50.1 Å². The number of aromatic amines is 4. The average molecular weight is 1110 g/mol. The van der Waals surface area contributed by atoms with Crippen molar-refractivity contribution < 1.29 is 62.6 Å². The summed E-state index contributed by atoms with van der Waals surface area (Å²) in [5.74, 6) is -10.2. The number of aromatic nitrogens is 8. The molecule has 11 amide bonds. The van der Waals surface area contributed by atoms with Crippen LogP contribution in [-0.2, 0) is 83.2 Å². The van der Waals surface area contributed by atoms with Crippen LogP contribution in [0.5, 0.6) is 0 Å². The van der Waals surface area contributed by atoms with E-state index in [1.165, 1.54) is 91.6 Å². The Hall–Kier alpha value is -9.56. The highest BCUT2D eigenvalue weighted by Gasteiger charge is 2.33. The predicted octanol–water partition coefficient (Wildman–Crippen LogP) is -7.02. The van der Waals surface area contributed by atoms with Gasteiger partial charge in [0.2, 0.25) is 65.0 Å². The first-order valence-electron chi connectivity index (χ1n) is 24.5. The van der Waals surface area contributed by atoms with Crippen molar-refractivity contribution in [1.82, 2.24) is 98.4 Å². The molecular weight excluding hydrogens is 1040 g/mol. The van der Waals surface area contributed by atoms with E-state index in [0.29, 0.717) is 22.8 Å². The lowest BCUT2D eigenvalue weighted by molar-refractivity contribution is -0.142. The predicted molar refractivity (Wildman–Crippen MR) is 272 cm³/mol. The third-order valence-electron chi connectivity index (χ3n) is 11.5. The molecule has 0 radical (unpaired) electrons. The molecule has 4 rings (SSSR count). The Bertz CT molecular complexity index is 2720. The molecule has 33 heteroatoms. The van der Waals surface area contributed by atoms with E-state index >= 15 is 0 Å². The SMILES string of the molecule is C[C@H](N)C(=O)N[C@@H](C)C(=O)N[C@@H](C)C(=O)N[C@@H](C)C(=O)N[C@@H](C)C(=O)N[C@@H](C)C(=O)NCC(=O)NCC(=O)N[C@@H](Cc1cnc[nH]1)C(=O)N[C@@H](Cc1cnc[nH]1)C(=O)N[C@@H](Cc1cnc[nH]1)C(=O)N[C@@H](Cc1cnc[nH]1)C(=O)O. The van der Waals surface area contributed by atoms with Gasteiger partial charge in [-0.3, -0.25) is 52.7 Å². The van der Waals surface area contributed by atoms with Crippen LogP contribution in [0.25, 0.3) is 0 Å². The van der Waals surface area contributed by atoms with Crippen LogP contribution < -0.4 is 64.2 Å². The van der Waals surface area contributed by atoms with Gasteiger partial charge >= 0.3 is 5.97 Å². The maximum Gasteiger partial charge on any atom is 0.326 e. The van der Waals surface area contributed by atoms with Crippen LogP contribution in [0.3, 0.4) is 0 Å². The molecule has 0 aliphatic heterocycles. The topological polar surface area (TPSA) is 498 Å². The highest BCUT2D eigenvalue weighted by atomic mass is 16.4. The Morgan fingerprint density at radius 2 is 0.684 bits per heavy atom. The number of carboxylic acids is 1. The number of carbonyl (C=O) groups excluding carboxylic acids is 11. The number of rotatable bonds is 31. The smallest absolute Gasteiger partial charge is 0.326 e. The quantitative estimate of drug-likeness (QED) is 0.0223. The second kappa shape index (κ2) is 30.3. The Balaban J connectivity index is 1.30. The number of imidazole rings is 4. The van der Waals surface area contributed by atoms with Gasteiger partial charge < -0.3 is 89.3 Å². The lowest BCUT2D eigenvalue weighted by Gasteiger charge is -2.26. The van der Waals surface area contributed by atoms with E-state index in [2.05, 4.69) is 98.4 Å². The van der Waals surface area contributed by atoms with Gasteiger partial charge in [0, 0.05) is 73.2 Å². The number of H-pyrrole nitrogens is 4. The summed E-state index contributed by atoms with van der Waals surface area (Å²) in [5.41, 5.74) is 7.06. The van der Waals surface area contributed by atoms with Crippen LogP contribution in [0, 0.1) is 0 Å². The van der Waals surface area contributed by atoms with Crippen LogP contribution in [0.4, 0.5) is 0 Å². The molecule has 0 bridgehead atoms. The van der Waals surface area contributed by atoms with Crippen molar-refractivity contribution in [3.8, 4) is 0 Å². The maximum atomic E-state index is 14.1. The molecule has 18 N–H and O–H groups in total. The summed E-state index contributed by atoms with van der Waals surface area (Å²) in [6.45, 7) is 6.72. The summed E-state index contributed by atoms with van der Waals surface area (Å²) in [5, 5.41) is 36.6. The van der Waals surface area contributed by atoms with Crippen LogP contribution in [0.2, 0.25) is 0 Å².